The summed E-state index contributed by atoms with van der Waals surface area (Å²) in [4.78, 5) is 8.15. The topological polar surface area (TPSA) is 85.4 Å². The second-order valence-corrected chi connectivity index (χ2v) is 3.57. The van der Waals surface area contributed by atoms with Crippen LogP contribution in [0.25, 0.3) is 0 Å². The molecule has 1 aromatic heterocycles. The predicted molar refractivity (Wildman–Crippen MR) is 65.9 cm³/mol. The van der Waals surface area contributed by atoms with Crippen molar-refractivity contribution in [1.29, 1.82) is 10.5 Å². The van der Waals surface area contributed by atoms with E-state index in [1.165, 1.54) is 0 Å². The quantitative estimate of drug-likeness (QED) is 0.862. The van der Waals surface area contributed by atoms with Gasteiger partial charge in [0.1, 0.15) is 12.1 Å². The summed E-state index contributed by atoms with van der Waals surface area (Å²) >= 11 is 0. The number of anilines is 2. The van der Waals surface area contributed by atoms with Gasteiger partial charge >= 0.3 is 0 Å². The van der Waals surface area contributed by atoms with Gasteiger partial charge in [-0.05, 0) is 19.1 Å². The average molecular weight is 235 g/mol. The zero-order valence-corrected chi connectivity index (χ0v) is 9.68. The summed E-state index contributed by atoms with van der Waals surface area (Å²) in [6.45, 7) is 1.74. The normalized spacial score (nSPS) is 9.28. The van der Waals surface area contributed by atoms with Gasteiger partial charge in [-0.2, -0.15) is 10.5 Å². The molecule has 0 aliphatic heterocycles. The van der Waals surface area contributed by atoms with Gasteiger partial charge < -0.3 is 5.32 Å². The summed E-state index contributed by atoms with van der Waals surface area (Å²) in [7, 11) is 0. The molecule has 0 aliphatic rings. The van der Waals surface area contributed by atoms with Crippen LogP contribution in [0.15, 0.2) is 30.3 Å². The second-order valence-electron chi connectivity index (χ2n) is 3.57. The lowest BCUT2D eigenvalue weighted by Gasteiger charge is -2.08. The van der Waals surface area contributed by atoms with Crippen molar-refractivity contribution < 1.29 is 0 Å². The summed E-state index contributed by atoms with van der Waals surface area (Å²) in [5.74, 6) is 0.483. The first-order valence-electron chi connectivity index (χ1n) is 5.25. The number of benzene rings is 1. The lowest BCUT2D eigenvalue weighted by molar-refractivity contribution is 1.07. The minimum atomic E-state index is 0.0292. The van der Waals surface area contributed by atoms with E-state index in [0.29, 0.717) is 11.5 Å². The molecule has 0 bridgehead atoms. The van der Waals surface area contributed by atoms with Gasteiger partial charge in [0.05, 0.1) is 5.69 Å². The van der Waals surface area contributed by atoms with E-state index >= 15 is 0 Å². The molecule has 5 nitrogen and oxygen atoms in total. The molecule has 0 saturated carbocycles. The molecule has 2 rings (SSSR count). The van der Waals surface area contributed by atoms with Crippen molar-refractivity contribution >= 4 is 11.5 Å². The van der Waals surface area contributed by atoms with Crippen molar-refractivity contribution in [2.45, 2.75) is 6.92 Å². The van der Waals surface area contributed by atoms with Crippen molar-refractivity contribution in [2.24, 2.45) is 0 Å². The molecule has 0 unspecified atom stereocenters. The minimum absolute atomic E-state index is 0.0292. The molecule has 5 heteroatoms. The zero-order chi connectivity index (χ0) is 13.0. The number of hydrogen-bond donors (Lipinski definition) is 1. The SMILES string of the molecule is Cc1nc(C#N)c(C#N)nc1Nc1ccccc1. The number of rotatable bonds is 2. The summed E-state index contributed by atoms with van der Waals surface area (Å²) in [5.41, 5.74) is 1.51. The van der Waals surface area contributed by atoms with Gasteiger partial charge in [0.15, 0.2) is 17.2 Å². The Balaban J connectivity index is 2.41. The maximum absolute atomic E-state index is 8.90. The fourth-order valence-electron chi connectivity index (χ4n) is 1.45. The molecular weight excluding hydrogens is 226 g/mol. The Morgan fingerprint density at radius 1 is 1.00 bits per heavy atom. The van der Waals surface area contributed by atoms with Crippen LogP contribution in [0.4, 0.5) is 11.5 Å². The first kappa shape index (κ1) is 11.6. The van der Waals surface area contributed by atoms with Crippen LogP contribution in [-0.4, -0.2) is 9.97 Å². The van der Waals surface area contributed by atoms with Gasteiger partial charge in [0.2, 0.25) is 0 Å². The van der Waals surface area contributed by atoms with E-state index in [9.17, 15) is 0 Å². The smallest absolute Gasteiger partial charge is 0.179 e. The Bertz CT molecular complexity index is 650. The molecule has 1 heterocycles. The highest BCUT2D eigenvalue weighted by Crippen LogP contribution is 2.18. The van der Waals surface area contributed by atoms with Crippen LogP contribution in [0, 0.1) is 29.6 Å². The summed E-state index contributed by atoms with van der Waals surface area (Å²) in [6, 6.07) is 13.2. The minimum Gasteiger partial charge on any atom is -0.339 e. The molecule has 1 aromatic carbocycles. The van der Waals surface area contributed by atoms with Crippen LogP contribution in [0.1, 0.15) is 17.1 Å². The van der Waals surface area contributed by atoms with Gasteiger partial charge in [0.25, 0.3) is 0 Å². The highest BCUT2D eigenvalue weighted by atomic mass is 15.0. The number of nitrogens with zero attached hydrogens (tertiary/aromatic N) is 4. The molecule has 0 amide bonds. The van der Waals surface area contributed by atoms with Crippen LogP contribution in [0.2, 0.25) is 0 Å². The Labute approximate surface area is 104 Å². The number of para-hydroxylation sites is 1. The van der Waals surface area contributed by atoms with E-state index < -0.39 is 0 Å². The third-order valence-corrected chi connectivity index (χ3v) is 2.32. The summed E-state index contributed by atoms with van der Waals surface area (Å²) in [5, 5.41) is 20.8. The number of aryl methyl sites for hydroxylation is 1. The zero-order valence-electron chi connectivity index (χ0n) is 9.68. The molecule has 0 aliphatic carbocycles. The molecule has 2 aromatic rings. The third kappa shape index (κ3) is 2.26. The van der Waals surface area contributed by atoms with Crippen LogP contribution in [0.3, 0.4) is 0 Å². The van der Waals surface area contributed by atoms with Crippen LogP contribution < -0.4 is 5.32 Å². The van der Waals surface area contributed by atoms with E-state index in [4.69, 9.17) is 10.5 Å². The maximum Gasteiger partial charge on any atom is 0.179 e. The van der Waals surface area contributed by atoms with Crippen LogP contribution >= 0.6 is 0 Å². The Hall–Kier alpha value is -2.92. The third-order valence-electron chi connectivity index (χ3n) is 2.32. The van der Waals surface area contributed by atoms with Crippen LogP contribution in [-0.2, 0) is 0 Å². The molecular formula is C13H9N5. The molecule has 0 spiro atoms. The number of hydrogen-bond acceptors (Lipinski definition) is 5. The van der Waals surface area contributed by atoms with Gasteiger partial charge in [-0.1, -0.05) is 18.2 Å². The number of aromatic nitrogens is 2. The van der Waals surface area contributed by atoms with E-state index in [1.54, 1.807) is 6.92 Å². The molecule has 0 fully saturated rings. The second kappa shape index (κ2) is 4.94. The fourth-order valence-corrected chi connectivity index (χ4v) is 1.45. The van der Waals surface area contributed by atoms with Crippen LogP contribution in [0.5, 0.6) is 0 Å². The molecule has 86 valence electrons. The first-order valence-corrected chi connectivity index (χ1v) is 5.25. The van der Waals surface area contributed by atoms with E-state index in [2.05, 4.69) is 15.3 Å². The molecule has 0 atom stereocenters. The lowest BCUT2D eigenvalue weighted by atomic mass is 10.3. The Kier molecular flexibility index (Phi) is 3.17. The monoisotopic (exact) mass is 235 g/mol. The molecule has 1 N–H and O–H groups in total. The Morgan fingerprint density at radius 3 is 2.22 bits per heavy atom. The Morgan fingerprint density at radius 2 is 1.61 bits per heavy atom. The highest BCUT2D eigenvalue weighted by molar-refractivity contribution is 5.59. The molecule has 0 radical (unpaired) electrons. The van der Waals surface area contributed by atoms with Crippen molar-refractivity contribution in [3.8, 4) is 12.1 Å². The van der Waals surface area contributed by atoms with Crippen molar-refractivity contribution in [2.75, 3.05) is 5.32 Å². The largest absolute Gasteiger partial charge is 0.339 e. The summed E-state index contributed by atoms with van der Waals surface area (Å²) in [6.07, 6.45) is 0. The number of nitrogens with one attached hydrogen (secondary N) is 1. The van der Waals surface area contributed by atoms with Crippen molar-refractivity contribution in [3.63, 3.8) is 0 Å². The van der Waals surface area contributed by atoms with E-state index in [1.807, 2.05) is 42.5 Å². The predicted octanol–water partition coefficient (Wildman–Crippen LogP) is 2.27. The van der Waals surface area contributed by atoms with Gasteiger partial charge in [-0.3, -0.25) is 0 Å². The molecule has 18 heavy (non-hydrogen) atoms. The lowest BCUT2D eigenvalue weighted by Crippen LogP contribution is -2.03. The number of nitriles is 2. The van der Waals surface area contributed by atoms with E-state index in [0.717, 1.165) is 5.69 Å². The van der Waals surface area contributed by atoms with Gasteiger partial charge in [-0.25, -0.2) is 9.97 Å². The standard InChI is InChI=1S/C13H9N5/c1-9-13(17-10-5-3-2-4-6-10)18-12(8-15)11(7-14)16-9/h2-6H,1H3,(H,17,18). The van der Waals surface area contributed by atoms with Gasteiger partial charge in [0, 0.05) is 5.69 Å². The maximum atomic E-state index is 8.90. The average Bonchev–Trinajstić information content (AvgIpc) is 2.41. The fraction of sp³-hybridized carbons (Fsp3) is 0.0769. The van der Waals surface area contributed by atoms with Crippen molar-refractivity contribution in [1.82, 2.24) is 9.97 Å². The molecule has 0 saturated heterocycles. The van der Waals surface area contributed by atoms with Crippen molar-refractivity contribution in [3.05, 3.63) is 47.4 Å². The van der Waals surface area contributed by atoms with Gasteiger partial charge in [-0.15, -0.1) is 0 Å². The summed E-state index contributed by atoms with van der Waals surface area (Å²) < 4.78 is 0. The van der Waals surface area contributed by atoms with E-state index in [-0.39, 0.29) is 11.4 Å². The first-order chi connectivity index (χ1) is 8.74. The highest BCUT2D eigenvalue weighted by Gasteiger charge is 2.10.